The fourth-order valence-corrected chi connectivity index (χ4v) is 4.29. The van der Waals surface area contributed by atoms with Crippen LogP contribution in [0, 0.1) is 5.82 Å². The Morgan fingerprint density at radius 3 is 2.72 bits per heavy atom. The fourth-order valence-electron chi connectivity index (χ4n) is 4.29. The summed E-state index contributed by atoms with van der Waals surface area (Å²) in [5, 5.41) is 3.40. The number of fused-ring (bicyclic) bond motifs is 1. The number of guanidine groups is 1. The molecule has 2 fully saturated rings. The molecule has 2 unspecified atom stereocenters. The summed E-state index contributed by atoms with van der Waals surface area (Å²) in [4.78, 5) is 9.24. The van der Waals surface area contributed by atoms with Gasteiger partial charge in [-0.25, -0.2) is 4.39 Å². The first kappa shape index (κ1) is 19.9. The monoisotopic (exact) mass is 396 g/mol. The lowest BCUT2D eigenvalue weighted by Crippen LogP contribution is -2.50. The van der Waals surface area contributed by atoms with Gasteiger partial charge < -0.3 is 15.0 Å². The lowest BCUT2D eigenvalue weighted by molar-refractivity contribution is -0.0502. The molecule has 1 N–H and O–H groups in total. The number of rotatable bonds is 5. The second-order valence-electron chi connectivity index (χ2n) is 7.65. The van der Waals surface area contributed by atoms with Crippen molar-refractivity contribution in [3.8, 4) is 0 Å². The van der Waals surface area contributed by atoms with Gasteiger partial charge in [-0.15, -0.1) is 0 Å². The van der Waals surface area contributed by atoms with Crippen LogP contribution in [-0.4, -0.2) is 67.7 Å². The smallest absolute Gasteiger partial charge is 0.193 e. The van der Waals surface area contributed by atoms with Gasteiger partial charge in [-0.05, 0) is 23.6 Å². The van der Waals surface area contributed by atoms with Gasteiger partial charge in [0.15, 0.2) is 5.96 Å². The Morgan fingerprint density at radius 1 is 1.14 bits per heavy atom. The number of halogens is 1. The van der Waals surface area contributed by atoms with Gasteiger partial charge in [-0.3, -0.25) is 9.89 Å². The van der Waals surface area contributed by atoms with Crippen molar-refractivity contribution in [2.24, 2.45) is 4.99 Å². The average molecular weight is 397 g/mol. The van der Waals surface area contributed by atoms with E-state index in [9.17, 15) is 4.39 Å². The van der Waals surface area contributed by atoms with Gasteiger partial charge in [0.25, 0.3) is 0 Å². The third-order valence-corrected chi connectivity index (χ3v) is 5.79. The van der Waals surface area contributed by atoms with E-state index in [-0.39, 0.29) is 11.9 Å². The SMILES string of the molecule is CN=C(NCCc1ccccc1F)N1CC2OCCN(Cc3ccccc3)C2C1. The van der Waals surface area contributed by atoms with Crippen molar-refractivity contribution in [2.45, 2.75) is 25.1 Å². The number of hydrogen-bond acceptors (Lipinski definition) is 3. The molecular weight excluding hydrogens is 367 g/mol. The van der Waals surface area contributed by atoms with Crippen LogP contribution >= 0.6 is 0 Å². The molecule has 29 heavy (non-hydrogen) atoms. The van der Waals surface area contributed by atoms with Crippen LogP contribution in [-0.2, 0) is 17.7 Å². The highest BCUT2D eigenvalue weighted by atomic mass is 19.1. The molecule has 5 nitrogen and oxygen atoms in total. The van der Waals surface area contributed by atoms with Crippen LogP contribution in [0.4, 0.5) is 4.39 Å². The lowest BCUT2D eigenvalue weighted by atomic mass is 10.1. The highest BCUT2D eigenvalue weighted by Crippen LogP contribution is 2.24. The zero-order valence-corrected chi connectivity index (χ0v) is 16.9. The Kier molecular flexibility index (Phi) is 6.42. The largest absolute Gasteiger partial charge is 0.373 e. The van der Waals surface area contributed by atoms with Crippen molar-refractivity contribution in [3.63, 3.8) is 0 Å². The van der Waals surface area contributed by atoms with Gasteiger partial charge in [0.05, 0.1) is 18.8 Å². The third-order valence-electron chi connectivity index (χ3n) is 5.79. The summed E-state index contributed by atoms with van der Waals surface area (Å²) in [5.41, 5.74) is 2.06. The standard InChI is InChI=1S/C23H29FN4O/c1-25-23(26-12-11-19-9-5-6-10-20(19)24)28-16-21-22(17-28)29-14-13-27(21)15-18-7-3-2-4-8-18/h2-10,21-22H,11-17H2,1H3,(H,25,26). The maximum Gasteiger partial charge on any atom is 0.193 e. The Bertz CT molecular complexity index is 829. The van der Waals surface area contributed by atoms with Gasteiger partial charge in [0.1, 0.15) is 5.82 Å². The number of hydrogen-bond donors (Lipinski definition) is 1. The van der Waals surface area contributed by atoms with Crippen molar-refractivity contribution in [2.75, 3.05) is 39.8 Å². The summed E-state index contributed by atoms with van der Waals surface area (Å²) in [5.74, 6) is 0.709. The highest BCUT2D eigenvalue weighted by Gasteiger charge is 2.41. The zero-order valence-electron chi connectivity index (χ0n) is 16.9. The molecule has 0 radical (unpaired) electrons. The topological polar surface area (TPSA) is 40.1 Å². The van der Waals surface area contributed by atoms with Gasteiger partial charge in [-0.2, -0.15) is 0 Å². The minimum absolute atomic E-state index is 0.151. The average Bonchev–Trinajstić information content (AvgIpc) is 3.18. The van der Waals surface area contributed by atoms with Crippen molar-refractivity contribution >= 4 is 5.96 Å². The molecule has 2 atom stereocenters. The molecule has 2 aromatic rings. The van der Waals surface area contributed by atoms with Crippen molar-refractivity contribution in [1.29, 1.82) is 0 Å². The number of nitrogens with one attached hydrogen (secondary N) is 1. The minimum Gasteiger partial charge on any atom is -0.373 e. The molecule has 0 aromatic heterocycles. The molecule has 0 amide bonds. The molecule has 6 heteroatoms. The second kappa shape index (κ2) is 9.37. The van der Waals surface area contributed by atoms with Crippen molar-refractivity contribution < 1.29 is 9.13 Å². The van der Waals surface area contributed by atoms with E-state index >= 15 is 0 Å². The molecule has 2 saturated heterocycles. The Balaban J connectivity index is 1.34. The Morgan fingerprint density at radius 2 is 1.93 bits per heavy atom. The third kappa shape index (κ3) is 4.77. The highest BCUT2D eigenvalue weighted by molar-refractivity contribution is 5.80. The van der Waals surface area contributed by atoms with Crippen LogP contribution in [0.2, 0.25) is 0 Å². The second-order valence-corrected chi connectivity index (χ2v) is 7.65. The van der Waals surface area contributed by atoms with Crippen LogP contribution in [0.5, 0.6) is 0 Å². The molecule has 4 rings (SSSR count). The maximum atomic E-state index is 13.8. The predicted molar refractivity (Wildman–Crippen MR) is 113 cm³/mol. The summed E-state index contributed by atoms with van der Waals surface area (Å²) in [6.45, 7) is 5.02. The number of aliphatic imine (C=N–C) groups is 1. The Hall–Kier alpha value is -2.44. The van der Waals surface area contributed by atoms with E-state index in [2.05, 4.69) is 50.4 Å². The summed E-state index contributed by atoms with van der Waals surface area (Å²) in [6, 6.07) is 17.9. The number of likely N-dealkylation sites (tertiary alicyclic amines) is 1. The van der Waals surface area contributed by atoms with Gasteiger partial charge in [0, 0.05) is 39.8 Å². The molecule has 154 valence electrons. The van der Waals surface area contributed by atoms with Gasteiger partial charge in [0.2, 0.25) is 0 Å². The van der Waals surface area contributed by atoms with E-state index < -0.39 is 0 Å². The molecule has 0 bridgehead atoms. The first-order chi connectivity index (χ1) is 14.2. The minimum atomic E-state index is -0.151. The molecule has 0 aliphatic carbocycles. The summed E-state index contributed by atoms with van der Waals surface area (Å²) in [6.07, 6.45) is 0.820. The van der Waals surface area contributed by atoms with Crippen LogP contribution in [0.3, 0.4) is 0 Å². The molecule has 2 heterocycles. The number of benzene rings is 2. The van der Waals surface area contributed by atoms with Crippen LogP contribution < -0.4 is 5.32 Å². The molecule has 2 aliphatic rings. The molecule has 2 aromatic carbocycles. The summed E-state index contributed by atoms with van der Waals surface area (Å²) >= 11 is 0. The number of morpholine rings is 1. The van der Waals surface area contributed by atoms with Crippen molar-refractivity contribution in [1.82, 2.24) is 15.1 Å². The first-order valence-corrected chi connectivity index (χ1v) is 10.3. The predicted octanol–water partition coefficient (Wildman–Crippen LogP) is 2.53. The quantitative estimate of drug-likeness (QED) is 0.623. The van der Waals surface area contributed by atoms with Crippen LogP contribution in [0.25, 0.3) is 0 Å². The molecular formula is C23H29FN4O. The van der Waals surface area contributed by atoms with Gasteiger partial charge >= 0.3 is 0 Å². The van der Waals surface area contributed by atoms with E-state index in [1.54, 1.807) is 13.1 Å². The number of nitrogens with zero attached hydrogens (tertiary/aromatic N) is 3. The molecule has 0 spiro atoms. The van der Waals surface area contributed by atoms with E-state index in [1.165, 1.54) is 11.6 Å². The Labute approximate surface area is 172 Å². The van der Waals surface area contributed by atoms with E-state index in [4.69, 9.17) is 4.74 Å². The summed E-state index contributed by atoms with van der Waals surface area (Å²) in [7, 11) is 1.80. The van der Waals surface area contributed by atoms with E-state index in [0.717, 1.165) is 44.3 Å². The zero-order chi connectivity index (χ0) is 20.1. The lowest BCUT2D eigenvalue weighted by Gasteiger charge is -2.36. The van der Waals surface area contributed by atoms with Crippen molar-refractivity contribution in [3.05, 3.63) is 71.5 Å². The maximum absolute atomic E-state index is 13.8. The summed E-state index contributed by atoms with van der Waals surface area (Å²) < 4.78 is 19.9. The molecule has 0 saturated carbocycles. The normalized spacial score (nSPS) is 22.6. The van der Waals surface area contributed by atoms with E-state index in [1.807, 2.05) is 12.1 Å². The van der Waals surface area contributed by atoms with E-state index in [0.29, 0.717) is 19.0 Å². The number of ether oxygens (including phenoxy) is 1. The molecule has 2 aliphatic heterocycles. The van der Waals surface area contributed by atoms with Crippen LogP contribution in [0.15, 0.2) is 59.6 Å². The van der Waals surface area contributed by atoms with Crippen LogP contribution in [0.1, 0.15) is 11.1 Å². The first-order valence-electron chi connectivity index (χ1n) is 10.3. The van der Waals surface area contributed by atoms with Gasteiger partial charge in [-0.1, -0.05) is 48.5 Å². The fraction of sp³-hybridized carbons (Fsp3) is 0.435.